The van der Waals surface area contributed by atoms with Crippen LogP contribution in [0.15, 0.2) is 12.4 Å². The second-order valence-electron chi connectivity index (χ2n) is 2.45. The topological polar surface area (TPSA) is 71.8 Å². The van der Waals surface area contributed by atoms with Gasteiger partial charge in [0.05, 0.1) is 41.5 Å². The maximum Gasteiger partial charge on any atom is 0.104 e. The summed E-state index contributed by atoms with van der Waals surface area (Å²) in [4.78, 5) is 0. The third-order valence-corrected chi connectivity index (χ3v) is 2.54. The highest BCUT2D eigenvalue weighted by Crippen LogP contribution is 2.14. The molecule has 1 unspecified atom stereocenters. The lowest BCUT2D eigenvalue weighted by Crippen LogP contribution is -2.01. The van der Waals surface area contributed by atoms with Gasteiger partial charge >= 0.3 is 0 Å². The maximum atomic E-state index is 9.62. The number of nitrogens with zero attached hydrogens (tertiary/aromatic N) is 4. The Morgan fingerprint density at radius 2 is 2.00 bits per heavy atom. The summed E-state index contributed by atoms with van der Waals surface area (Å²) in [6.45, 7) is 0. The summed E-state index contributed by atoms with van der Waals surface area (Å²) in [5.74, 6) is 0. The number of rotatable bonds is 3. The quantitative estimate of drug-likeness (QED) is 0.812. The van der Waals surface area contributed by atoms with Gasteiger partial charge in [-0.3, -0.25) is 0 Å². The van der Waals surface area contributed by atoms with E-state index in [0.717, 1.165) is 29.2 Å². The van der Waals surface area contributed by atoms with Gasteiger partial charge < -0.3 is 5.11 Å². The third-order valence-electron chi connectivity index (χ3n) is 1.53. The van der Waals surface area contributed by atoms with Crippen molar-refractivity contribution in [2.75, 3.05) is 0 Å². The van der Waals surface area contributed by atoms with E-state index in [0.29, 0.717) is 12.1 Å². The fourth-order valence-corrected chi connectivity index (χ4v) is 1.80. The van der Waals surface area contributed by atoms with Crippen molar-refractivity contribution in [1.82, 2.24) is 17.5 Å². The molecule has 13 heavy (non-hydrogen) atoms. The molecule has 7 heteroatoms. The second kappa shape index (κ2) is 3.86. The van der Waals surface area contributed by atoms with Crippen molar-refractivity contribution in [3.63, 3.8) is 0 Å². The summed E-state index contributed by atoms with van der Waals surface area (Å²) in [6.07, 6.45) is 3.03. The maximum absolute atomic E-state index is 9.62. The fraction of sp³-hybridized carbons (Fsp3) is 0.333. The fourth-order valence-electron chi connectivity index (χ4n) is 0.895. The van der Waals surface area contributed by atoms with Crippen LogP contribution in [0.1, 0.15) is 17.5 Å². The predicted octanol–water partition coefficient (Wildman–Crippen LogP) is 0.666. The van der Waals surface area contributed by atoms with Crippen molar-refractivity contribution in [2.24, 2.45) is 0 Å². The van der Waals surface area contributed by atoms with Crippen LogP contribution in [0.25, 0.3) is 0 Å². The zero-order valence-electron chi connectivity index (χ0n) is 6.49. The van der Waals surface area contributed by atoms with Crippen LogP contribution in [0.5, 0.6) is 0 Å². The number of hydrogen-bond acceptors (Lipinski definition) is 7. The van der Waals surface area contributed by atoms with Crippen LogP contribution in [0, 0.1) is 0 Å². The lowest BCUT2D eigenvalue weighted by Gasteiger charge is -2.02. The van der Waals surface area contributed by atoms with Gasteiger partial charge in [-0.2, -0.15) is 17.5 Å². The monoisotopic (exact) mass is 214 g/mol. The molecule has 0 aliphatic heterocycles. The van der Waals surface area contributed by atoms with Gasteiger partial charge in [-0.25, -0.2) is 0 Å². The molecule has 0 fully saturated rings. The molecule has 1 atom stereocenters. The summed E-state index contributed by atoms with van der Waals surface area (Å²) in [5, 5.41) is 9.62. The van der Waals surface area contributed by atoms with E-state index < -0.39 is 6.10 Å². The van der Waals surface area contributed by atoms with E-state index in [1.54, 1.807) is 12.4 Å². The molecule has 0 saturated carbocycles. The Labute approximate surface area is 82.7 Å². The minimum Gasteiger partial charge on any atom is -0.386 e. The molecule has 0 radical (unpaired) electrons. The molecular weight excluding hydrogens is 208 g/mol. The minimum atomic E-state index is -0.623. The van der Waals surface area contributed by atoms with Gasteiger partial charge in [0.25, 0.3) is 0 Å². The minimum absolute atomic E-state index is 0.446. The molecule has 2 heterocycles. The lowest BCUT2D eigenvalue weighted by molar-refractivity contribution is 0.173. The Kier molecular flexibility index (Phi) is 2.57. The van der Waals surface area contributed by atoms with Crippen LogP contribution in [0.3, 0.4) is 0 Å². The normalized spacial score (nSPS) is 13.0. The van der Waals surface area contributed by atoms with Crippen molar-refractivity contribution in [2.45, 2.75) is 12.5 Å². The molecule has 0 spiro atoms. The van der Waals surface area contributed by atoms with Gasteiger partial charge in [0.1, 0.15) is 11.8 Å². The highest BCUT2D eigenvalue weighted by Gasteiger charge is 2.12. The van der Waals surface area contributed by atoms with Crippen LogP contribution in [-0.4, -0.2) is 22.6 Å². The molecule has 0 bridgehead atoms. The number of aliphatic hydroxyl groups excluding tert-OH is 1. The highest BCUT2D eigenvalue weighted by molar-refractivity contribution is 6.99. The molecule has 68 valence electrons. The largest absolute Gasteiger partial charge is 0.386 e. The number of aromatic nitrogens is 4. The first-order chi connectivity index (χ1) is 6.36. The van der Waals surface area contributed by atoms with Crippen molar-refractivity contribution in [1.29, 1.82) is 0 Å². The van der Waals surface area contributed by atoms with Crippen molar-refractivity contribution < 1.29 is 5.11 Å². The summed E-state index contributed by atoms with van der Waals surface area (Å²) in [5.41, 5.74) is 1.38. The lowest BCUT2D eigenvalue weighted by atomic mass is 10.2. The summed E-state index contributed by atoms with van der Waals surface area (Å²) >= 11 is 2.22. The zero-order valence-corrected chi connectivity index (χ0v) is 8.12. The van der Waals surface area contributed by atoms with Crippen LogP contribution >= 0.6 is 23.5 Å². The van der Waals surface area contributed by atoms with Crippen molar-refractivity contribution >= 4 is 23.5 Å². The Hall–Kier alpha value is -0.920. The summed E-state index contributed by atoms with van der Waals surface area (Å²) in [7, 11) is 0. The number of aliphatic hydroxyl groups is 1. The van der Waals surface area contributed by atoms with Crippen LogP contribution < -0.4 is 0 Å². The molecule has 0 aromatic carbocycles. The van der Waals surface area contributed by atoms with E-state index in [4.69, 9.17) is 0 Å². The predicted molar refractivity (Wildman–Crippen MR) is 48.5 cm³/mol. The van der Waals surface area contributed by atoms with Gasteiger partial charge in [-0.15, -0.1) is 0 Å². The van der Waals surface area contributed by atoms with E-state index >= 15 is 0 Å². The van der Waals surface area contributed by atoms with Crippen LogP contribution in [0.2, 0.25) is 0 Å². The molecule has 0 saturated heterocycles. The van der Waals surface area contributed by atoms with Crippen LogP contribution in [-0.2, 0) is 6.42 Å². The number of hydrogen-bond donors (Lipinski definition) is 1. The van der Waals surface area contributed by atoms with Gasteiger partial charge in [-0.05, 0) is 0 Å². The van der Waals surface area contributed by atoms with Gasteiger partial charge in [0.2, 0.25) is 0 Å². The third kappa shape index (κ3) is 2.06. The van der Waals surface area contributed by atoms with E-state index in [1.807, 2.05) is 0 Å². The van der Waals surface area contributed by atoms with Gasteiger partial charge in [0, 0.05) is 6.42 Å². The Morgan fingerprint density at radius 3 is 2.62 bits per heavy atom. The molecule has 1 N–H and O–H groups in total. The average molecular weight is 214 g/mol. The Bertz CT molecular complexity index is 347. The van der Waals surface area contributed by atoms with E-state index in [-0.39, 0.29) is 0 Å². The summed E-state index contributed by atoms with van der Waals surface area (Å²) < 4.78 is 15.6. The molecule has 2 aromatic heterocycles. The summed E-state index contributed by atoms with van der Waals surface area (Å²) in [6, 6.07) is 0. The highest BCUT2D eigenvalue weighted by atomic mass is 32.1. The van der Waals surface area contributed by atoms with E-state index in [1.165, 1.54) is 0 Å². The van der Waals surface area contributed by atoms with Crippen LogP contribution in [0.4, 0.5) is 0 Å². The van der Waals surface area contributed by atoms with Crippen molar-refractivity contribution in [3.8, 4) is 0 Å². The first-order valence-corrected chi connectivity index (χ1v) is 5.04. The van der Waals surface area contributed by atoms with E-state index in [2.05, 4.69) is 17.5 Å². The van der Waals surface area contributed by atoms with Gasteiger partial charge in [-0.1, -0.05) is 0 Å². The zero-order chi connectivity index (χ0) is 9.10. The average Bonchev–Trinajstić information content (AvgIpc) is 2.74. The molecule has 0 aliphatic rings. The molecule has 0 amide bonds. The van der Waals surface area contributed by atoms with E-state index in [9.17, 15) is 5.11 Å². The molecule has 2 aromatic rings. The SMILES string of the molecule is OC(Cc1cnsn1)c1cnsn1. The van der Waals surface area contributed by atoms with Crippen molar-refractivity contribution in [3.05, 3.63) is 23.8 Å². The second-order valence-corrected chi connectivity index (χ2v) is 3.56. The Morgan fingerprint density at radius 1 is 1.23 bits per heavy atom. The standard InChI is InChI=1S/C6H6N4OS2/c11-6(5-3-8-13-10-5)1-4-2-7-12-9-4/h2-3,6,11H,1H2. The Balaban J connectivity index is 2.04. The molecule has 0 aliphatic carbocycles. The first-order valence-electron chi connectivity index (χ1n) is 3.58. The molecule has 5 nitrogen and oxygen atoms in total. The molecular formula is C6H6N4OS2. The molecule has 2 rings (SSSR count). The smallest absolute Gasteiger partial charge is 0.104 e. The first kappa shape index (κ1) is 8.67. The van der Waals surface area contributed by atoms with Gasteiger partial charge in [0.15, 0.2) is 0 Å².